The van der Waals surface area contributed by atoms with Gasteiger partial charge in [-0.1, -0.05) is 30.3 Å². The van der Waals surface area contributed by atoms with Crippen molar-refractivity contribution in [3.05, 3.63) is 71.4 Å². The quantitative estimate of drug-likeness (QED) is 0.867. The molecule has 28 heavy (non-hydrogen) atoms. The number of allylic oxidation sites excluding steroid dienone is 1. The molecule has 1 aliphatic heterocycles. The summed E-state index contributed by atoms with van der Waals surface area (Å²) in [6.07, 6.45) is 0. The van der Waals surface area contributed by atoms with E-state index in [0.717, 1.165) is 17.0 Å². The van der Waals surface area contributed by atoms with Crippen LogP contribution in [0.5, 0.6) is 0 Å². The lowest BCUT2D eigenvalue weighted by atomic mass is 9.76. The van der Waals surface area contributed by atoms with Gasteiger partial charge in [0.15, 0.2) is 0 Å². The van der Waals surface area contributed by atoms with Gasteiger partial charge in [0.2, 0.25) is 0 Å². The third-order valence-electron chi connectivity index (χ3n) is 5.01. The molecule has 0 saturated carbocycles. The summed E-state index contributed by atoms with van der Waals surface area (Å²) >= 11 is 0. The Morgan fingerprint density at radius 3 is 2.29 bits per heavy atom. The first-order valence-electron chi connectivity index (χ1n) is 9.21. The second-order valence-corrected chi connectivity index (χ2v) is 7.14. The lowest BCUT2D eigenvalue weighted by Crippen LogP contribution is -2.31. The predicted molar refractivity (Wildman–Crippen MR) is 113 cm³/mol. The van der Waals surface area contributed by atoms with Crippen molar-refractivity contribution in [2.24, 2.45) is 10.9 Å². The number of para-hydroxylation sites is 1. The number of nitrogens with one attached hydrogen (secondary N) is 1. The summed E-state index contributed by atoms with van der Waals surface area (Å²) in [6, 6.07) is 19.7. The highest BCUT2D eigenvalue weighted by Crippen LogP contribution is 2.39. The number of carbonyl (C=O) groups is 1. The Kier molecular flexibility index (Phi) is 5.60. The molecule has 5 nitrogen and oxygen atoms in total. The summed E-state index contributed by atoms with van der Waals surface area (Å²) < 4.78 is 0. The molecule has 2 aromatic carbocycles. The van der Waals surface area contributed by atoms with Gasteiger partial charge in [0.25, 0.3) is 5.91 Å². The Labute approximate surface area is 166 Å². The summed E-state index contributed by atoms with van der Waals surface area (Å²) in [6.45, 7) is 3.68. The van der Waals surface area contributed by atoms with Crippen LogP contribution >= 0.6 is 0 Å². The van der Waals surface area contributed by atoms with E-state index in [2.05, 4.69) is 16.4 Å². The zero-order valence-corrected chi connectivity index (χ0v) is 16.6. The van der Waals surface area contributed by atoms with Crippen molar-refractivity contribution in [3.8, 4) is 6.07 Å². The van der Waals surface area contributed by atoms with E-state index in [9.17, 15) is 10.1 Å². The summed E-state index contributed by atoms with van der Waals surface area (Å²) in [7, 11) is 3.96. The molecular formula is C23H24N4O. The zero-order valence-electron chi connectivity index (χ0n) is 16.6. The molecule has 0 saturated heterocycles. The smallest absolute Gasteiger partial charge is 0.254 e. The van der Waals surface area contributed by atoms with Gasteiger partial charge in [0.1, 0.15) is 0 Å². The number of amides is 1. The maximum atomic E-state index is 13.1. The average Bonchev–Trinajstić information content (AvgIpc) is 2.68. The minimum Gasteiger partial charge on any atom is -0.378 e. The summed E-state index contributed by atoms with van der Waals surface area (Å²) in [4.78, 5) is 19.7. The Bertz CT molecular complexity index is 966. The van der Waals surface area contributed by atoms with Gasteiger partial charge in [0, 0.05) is 48.4 Å². The highest BCUT2D eigenvalue weighted by molar-refractivity contribution is 6.07. The van der Waals surface area contributed by atoms with Crippen LogP contribution in [-0.2, 0) is 4.79 Å². The van der Waals surface area contributed by atoms with Crippen LogP contribution < -0.4 is 10.2 Å². The molecule has 0 fully saturated rings. The molecule has 1 amide bonds. The maximum Gasteiger partial charge on any atom is 0.254 e. The molecule has 0 aromatic heterocycles. The van der Waals surface area contributed by atoms with Gasteiger partial charge < -0.3 is 10.2 Å². The SMILES string of the molecule is CC1=NC(C)=C(C(=O)Nc2ccccc2)[C@H](c2ccc(N(C)C)cc2)C1C#N. The highest BCUT2D eigenvalue weighted by atomic mass is 16.1. The zero-order chi connectivity index (χ0) is 20.3. The molecule has 142 valence electrons. The fourth-order valence-corrected chi connectivity index (χ4v) is 3.56. The van der Waals surface area contributed by atoms with E-state index in [-0.39, 0.29) is 11.8 Å². The molecule has 0 bridgehead atoms. The number of rotatable bonds is 4. The Hall–Kier alpha value is -3.39. The first-order chi connectivity index (χ1) is 13.4. The molecule has 0 radical (unpaired) electrons. The van der Waals surface area contributed by atoms with E-state index < -0.39 is 5.92 Å². The molecule has 2 aromatic rings. The van der Waals surface area contributed by atoms with Crippen LogP contribution in [0.1, 0.15) is 25.3 Å². The van der Waals surface area contributed by atoms with Gasteiger partial charge >= 0.3 is 0 Å². The van der Waals surface area contributed by atoms with E-state index in [1.807, 2.05) is 87.4 Å². The number of nitriles is 1. The lowest BCUT2D eigenvalue weighted by Gasteiger charge is -2.30. The lowest BCUT2D eigenvalue weighted by molar-refractivity contribution is -0.113. The second kappa shape index (κ2) is 8.10. The Morgan fingerprint density at radius 1 is 1.07 bits per heavy atom. The molecule has 0 aliphatic carbocycles. The van der Waals surface area contributed by atoms with Gasteiger partial charge in [-0.2, -0.15) is 5.26 Å². The normalized spacial score (nSPS) is 18.9. The number of carbonyl (C=O) groups excluding carboxylic acids is 1. The molecule has 1 aliphatic rings. The number of anilines is 2. The minimum atomic E-state index is -0.481. The molecule has 1 N–H and O–H groups in total. The summed E-state index contributed by atoms with van der Waals surface area (Å²) in [5.41, 5.74) is 4.64. The molecule has 5 heteroatoms. The fourth-order valence-electron chi connectivity index (χ4n) is 3.56. The van der Waals surface area contributed by atoms with Crippen molar-refractivity contribution in [2.75, 3.05) is 24.3 Å². The first kappa shape index (κ1) is 19.4. The van der Waals surface area contributed by atoms with Crippen molar-refractivity contribution in [1.82, 2.24) is 0 Å². The van der Waals surface area contributed by atoms with Crippen LogP contribution in [0.3, 0.4) is 0 Å². The number of aliphatic imine (C=N–C) groups is 1. The van der Waals surface area contributed by atoms with E-state index in [1.54, 1.807) is 0 Å². The number of benzene rings is 2. The molecule has 1 heterocycles. The summed E-state index contributed by atoms with van der Waals surface area (Å²) in [5, 5.41) is 12.8. The van der Waals surface area contributed by atoms with E-state index >= 15 is 0 Å². The molecule has 1 unspecified atom stereocenters. The standard InChI is InChI=1S/C23H24N4O/c1-15-20(14-24)22(17-10-12-19(13-11-17)27(3)4)21(16(2)25-15)23(28)26-18-8-6-5-7-9-18/h5-13,20,22H,1-4H3,(H,26,28)/t20?,22-/m1/s1. The van der Waals surface area contributed by atoms with Gasteiger partial charge in [-0.3, -0.25) is 9.79 Å². The Morgan fingerprint density at radius 2 is 1.71 bits per heavy atom. The minimum absolute atomic E-state index is 0.220. The van der Waals surface area contributed by atoms with Crippen molar-refractivity contribution >= 4 is 23.0 Å². The third-order valence-corrected chi connectivity index (χ3v) is 5.01. The molecular weight excluding hydrogens is 348 g/mol. The van der Waals surface area contributed by atoms with Crippen molar-refractivity contribution in [3.63, 3.8) is 0 Å². The fraction of sp³-hybridized carbons (Fsp3) is 0.261. The molecule has 0 spiro atoms. The van der Waals surface area contributed by atoms with E-state index in [4.69, 9.17) is 0 Å². The van der Waals surface area contributed by atoms with E-state index in [1.165, 1.54) is 0 Å². The van der Waals surface area contributed by atoms with Crippen LogP contribution in [0, 0.1) is 17.2 Å². The maximum absolute atomic E-state index is 13.1. The number of hydrogen-bond acceptors (Lipinski definition) is 4. The first-order valence-corrected chi connectivity index (χ1v) is 9.21. The molecule has 2 atom stereocenters. The van der Waals surface area contributed by atoms with Crippen LogP contribution in [0.25, 0.3) is 0 Å². The van der Waals surface area contributed by atoms with Gasteiger partial charge in [-0.15, -0.1) is 0 Å². The number of hydrogen-bond donors (Lipinski definition) is 1. The van der Waals surface area contributed by atoms with Crippen LogP contribution in [-0.4, -0.2) is 25.7 Å². The van der Waals surface area contributed by atoms with Crippen LogP contribution in [0.15, 0.2) is 70.9 Å². The largest absolute Gasteiger partial charge is 0.378 e. The second-order valence-electron chi connectivity index (χ2n) is 7.14. The summed E-state index contributed by atoms with van der Waals surface area (Å²) in [5.74, 6) is -1.06. The van der Waals surface area contributed by atoms with Crippen molar-refractivity contribution in [2.45, 2.75) is 19.8 Å². The van der Waals surface area contributed by atoms with Crippen LogP contribution in [0.4, 0.5) is 11.4 Å². The van der Waals surface area contributed by atoms with Gasteiger partial charge in [-0.05, 0) is 43.7 Å². The number of nitrogens with zero attached hydrogens (tertiary/aromatic N) is 3. The third kappa shape index (κ3) is 3.81. The van der Waals surface area contributed by atoms with Gasteiger partial charge in [0.05, 0.1) is 12.0 Å². The monoisotopic (exact) mass is 372 g/mol. The van der Waals surface area contributed by atoms with E-state index in [0.29, 0.717) is 17.0 Å². The average molecular weight is 372 g/mol. The molecule has 3 rings (SSSR count). The highest BCUT2D eigenvalue weighted by Gasteiger charge is 2.37. The Balaban J connectivity index is 2.04. The van der Waals surface area contributed by atoms with Gasteiger partial charge in [-0.25, -0.2) is 0 Å². The van der Waals surface area contributed by atoms with Crippen molar-refractivity contribution in [1.29, 1.82) is 5.26 Å². The van der Waals surface area contributed by atoms with Crippen molar-refractivity contribution < 1.29 is 4.79 Å². The van der Waals surface area contributed by atoms with Crippen LogP contribution in [0.2, 0.25) is 0 Å². The topological polar surface area (TPSA) is 68.5 Å². The predicted octanol–water partition coefficient (Wildman–Crippen LogP) is 4.36.